The van der Waals surface area contributed by atoms with Gasteiger partial charge in [0.25, 0.3) is 15.7 Å². The molecule has 0 saturated carbocycles. The molecule has 0 unspecified atom stereocenters. The van der Waals surface area contributed by atoms with Crippen LogP contribution in [-0.4, -0.2) is 19.4 Å². The Balaban J connectivity index is 1.80. The molecule has 0 aliphatic carbocycles. The molecule has 0 spiro atoms. The molecule has 3 N–H and O–H groups in total. The first kappa shape index (κ1) is 22.3. The van der Waals surface area contributed by atoms with Crippen molar-refractivity contribution in [1.82, 2.24) is 0 Å². The molecule has 0 radical (unpaired) electrons. The summed E-state index contributed by atoms with van der Waals surface area (Å²) in [5.41, 5.74) is 0.240. The maximum absolute atomic E-state index is 12.7. The van der Waals surface area contributed by atoms with Gasteiger partial charge in [-0.3, -0.25) is 14.8 Å². The molecule has 3 aromatic rings. The van der Waals surface area contributed by atoms with Crippen LogP contribution in [0.25, 0.3) is 0 Å². The molecular weight excluding hydrogens is 467 g/mol. The van der Waals surface area contributed by atoms with E-state index in [4.69, 9.17) is 23.2 Å². The molecule has 0 saturated heterocycles. The highest BCUT2D eigenvalue weighted by atomic mass is 35.5. The van der Waals surface area contributed by atoms with Crippen LogP contribution in [0.3, 0.4) is 0 Å². The third kappa shape index (κ3) is 5.63. The summed E-state index contributed by atoms with van der Waals surface area (Å²) >= 11 is 11.8. The number of nitrogens with zero attached hydrogens (tertiary/aromatic N) is 1. The van der Waals surface area contributed by atoms with Crippen LogP contribution in [0, 0.1) is 10.1 Å². The van der Waals surface area contributed by atoms with Crippen molar-refractivity contribution >= 4 is 62.0 Å². The number of non-ortho nitro benzene ring substituents is 1. The van der Waals surface area contributed by atoms with Gasteiger partial charge in [0, 0.05) is 17.8 Å². The number of halogens is 2. The lowest BCUT2D eigenvalue weighted by Crippen LogP contribution is -2.21. The molecule has 0 bridgehead atoms. The van der Waals surface area contributed by atoms with Crippen LogP contribution < -0.4 is 15.4 Å². The fraction of sp³-hybridized carbons (Fsp3) is 0. The molecule has 0 fully saturated rings. The van der Waals surface area contributed by atoms with E-state index in [0.29, 0.717) is 10.7 Å². The van der Waals surface area contributed by atoms with Crippen molar-refractivity contribution in [2.75, 3.05) is 15.4 Å². The summed E-state index contributed by atoms with van der Waals surface area (Å²) in [4.78, 5) is 22.3. The second-order valence-corrected chi connectivity index (χ2v) is 8.61. The number of carbonyl (C=O) groups excluding carboxylic acids is 1. The van der Waals surface area contributed by atoms with Gasteiger partial charge in [0.05, 0.1) is 31.2 Å². The molecule has 160 valence electrons. The summed E-state index contributed by atoms with van der Waals surface area (Å²) in [7, 11) is -4.16. The van der Waals surface area contributed by atoms with Crippen molar-refractivity contribution in [2.24, 2.45) is 0 Å². The number of carbonyl (C=O) groups is 1. The Kier molecular flexibility index (Phi) is 6.64. The highest BCUT2D eigenvalue weighted by Gasteiger charge is 2.19. The van der Waals surface area contributed by atoms with Gasteiger partial charge in [-0.05, 0) is 36.4 Å². The average Bonchev–Trinajstić information content (AvgIpc) is 2.72. The van der Waals surface area contributed by atoms with E-state index in [1.165, 1.54) is 42.5 Å². The first-order valence-electron chi connectivity index (χ1n) is 8.55. The highest BCUT2D eigenvalue weighted by Crippen LogP contribution is 2.27. The monoisotopic (exact) mass is 480 g/mol. The van der Waals surface area contributed by atoms with Crippen LogP contribution in [0.4, 0.5) is 27.5 Å². The Morgan fingerprint density at radius 1 is 0.871 bits per heavy atom. The first-order chi connectivity index (χ1) is 14.7. The summed E-state index contributed by atoms with van der Waals surface area (Å²) in [6.07, 6.45) is 0. The Morgan fingerprint density at radius 2 is 1.58 bits per heavy atom. The zero-order chi connectivity index (χ0) is 22.6. The van der Waals surface area contributed by atoms with Crippen molar-refractivity contribution in [3.8, 4) is 0 Å². The minimum Gasteiger partial charge on any atom is -0.308 e. The predicted molar refractivity (Wildman–Crippen MR) is 119 cm³/mol. The van der Waals surface area contributed by atoms with Gasteiger partial charge in [-0.1, -0.05) is 41.4 Å². The van der Waals surface area contributed by atoms with Crippen molar-refractivity contribution in [3.05, 3.63) is 86.9 Å². The average molecular weight is 481 g/mol. The smallest absolute Gasteiger partial charge is 0.308 e. The number of rotatable bonds is 6. The van der Waals surface area contributed by atoms with E-state index >= 15 is 0 Å². The van der Waals surface area contributed by atoms with Crippen molar-refractivity contribution in [3.63, 3.8) is 0 Å². The number of anilines is 3. The first-order valence-corrected chi connectivity index (χ1v) is 10.8. The second-order valence-electron chi connectivity index (χ2n) is 6.11. The summed E-state index contributed by atoms with van der Waals surface area (Å²) in [6, 6.07) is 14.6. The lowest BCUT2D eigenvalue weighted by molar-refractivity contribution is -0.385. The quantitative estimate of drug-likeness (QED) is 0.323. The Hall–Kier alpha value is -3.34. The predicted octanol–water partition coefficient (Wildman–Crippen LogP) is 5.35. The van der Waals surface area contributed by atoms with E-state index in [-0.39, 0.29) is 27.0 Å². The standard InChI is InChI=1S/C19H14Cl2N4O5S/c20-15-9-8-12(10-16(15)21)22-19(26)23-17-6-1-2-7-18(17)24-31(29,30)14-5-3-4-13(11-14)25(27)28/h1-11,24H,(H2,22,23,26). The van der Waals surface area contributed by atoms with Gasteiger partial charge in [0.1, 0.15) is 0 Å². The number of hydrogen-bond acceptors (Lipinski definition) is 5. The number of hydrogen-bond donors (Lipinski definition) is 3. The third-order valence-electron chi connectivity index (χ3n) is 3.94. The van der Waals surface area contributed by atoms with E-state index in [9.17, 15) is 23.3 Å². The highest BCUT2D eigenvalue weighted by molar-refractivity contribution is 7.92. The number of nitro benzene ring substituents is 1. The minimum atomic E-state index is -4.16. The minimum absolute atomic E-state index is 0.0679. The molecule has 0 heterocycles. The Bertz CT molecular complexity index is 1270. The van der Waals surface area contributed by atoms with Gasteiger partial charge in [-0.2, -0.15) is 0 Å². The van der Waals surface area contributed by atoms with Gasteiger partial charge < -0.3 is 10.6 Å². The molecular formula is C19H14Cl2N4O5S. The maximum Gasteiger partial charge on any atom is 0.323 e. The summed E-state index contributed by atoms with van der Waals surface area (Å²) in [6.45, 7) is 0. The summed E-state index contributed by atoms with van der Waals surface area (Å²) in [5, 5.41) is 16.6. The van der Waals surface area contributed by atoms with E-state index in [1.807, 2.05) is 0 Å². The molecule has 2 amide bonds. The number of para-hydroxylation sites is 2. The zero-order valence-corrected chi connectivity index (χ0v) is 17.8. The van der Waals surface area contributed by atoms with Gasteiger partial charge in [-0.25, -0.2) is 13.2 Å². The van der Waals surface area contributed by atoms with Crippen molar-refractivity contribution in [2.45, 2.75) is 4.90 Å². The van der Waals surface area contributed by atoms with Crippen LogP contribution in [0.2, 0.25) is 10.0 Å². The van der Waals surface area contributed by atoms with E-state index in [0.717, 1.165) is 6.07 Å². The van der Waals surface area contributed by atoms with Gasteiger partial charge >= 0.3 is 6.03 Å². The van der Waals surface area contributed by atoms with E-state index < -0.39 is 21.0 Å². The van der Waals surface area contributed by atoms with Gasteiger partial charge in [0.15, 0.2) is 0 Å². The fourth-order valence-electron chi connectivity index (χ4n) is 2.51. The zero-order valence-electron chi connectivity index (χ0n) is 15.5. The SMILES string of the molecule is O=C(Nc1ccc(Cl)c(Cl)c1)Nc1ccccc1NS(=O)(=O)c1cccc([N+](=O)[O-])c1. The van der Waals surface area contributed by atoms with Gasteiger partial charge in [-0.15, -0.1) is 0 Å². The Labute approximate surface area is 187 Å². The van der Waals surface area contributed by atoms with Crippen LogP contribution in [0.5, 0.6) is 0 Å². The number of amides is 2. The molecule has 0 aliphatic rings. The van der Waals surface area contributed by atoms with E-state index in [1.54, 1.807) is 18.2 Å². The second kappa shape index (κ2) is 9.21. The number of nitro groups is 1. The third-order valence-corrected chi connectivity index (χ3v) is 6.04. The molecule has 0 aliphatic heterocycles. The van der Waals surface area contributed by atoms with Crippen LogP contribution >= 0.6 is 23.2 Å². The van der Waals surface area contributed by atoms with Gasteiger partial charge in [0.2, 0.25) is 0 Å². The Morgan fingerprint density at radius 3 is 2.26 bits per heavy atom. The largest absolute Gasteiger partial charge is 0.323 e. The van der Waals surface area contributed by atoms with Crippen LogP contribution in [0.1, 0.15) is 0 Å². The molecule has 12 heteroatoms. The molecule has 3 aromatic carbocycles. The molecule has 9 nitrogen and oxygen atoms in total. The molecule has 0 atom stereocenters. The molecule has 3 rings (SSSR count). The normalized spacial score (nSPS) is 10.9. The number of nitrogens with one attached hydrogen (secondary N) is 3. The van der Waals surface area contributed by atoms with E-state index in [2.05, 4.69) is 15.4 Å². The molecule has 0 aromatic heterocycles. The molecule has 31 heavy (non-hydrogen) atoms. The number of urea groups is 1. The lowest BCUT2D eigenvalue weighted by Gasteiger charge is -2.14. The van der Waals surface area contributed by atoms with Crippen LogP contribution in [0.15, 0.2) is 71.6 Å². The lowest BCUT2D eigenvalue weighted by atomic mass is 10.3. The summed E-state index contributed by atoms with van der Waals surface area (Å²) < 4.78 is 27.7. The topological polar surface area (TPSA) is 130 Å². The van der Waals surface area contributed by atoms with Crippen LogP contribution in [-0.2, 0) is 10.0 Å². The number of benzene rings is 3. The van der Waals surface area contributed by atoms with Crippen molar-refractivity contribution < 1.29 is 18.1 Å². The number of sulfonamides is 1. The van der Waals surface area contributed by atoms with Crippen molar-refractivity contribution in [1.29, 1.82) is 0 Å². The summed E-state index contributed by atoms with van der Waals surface area (Å²) in [5.74, 6) is 0. The maximum atomic E-state index is 12.7. The fourth-order valence-corrected chi connectivity index (χ4v) is 3.92.